The third-order valence-electron chi connectivity index (χ3n) is 3.95. The number of hydrogen-bond donors (Lipinski definition) is 3. The summed E-state index contributed by atoms with van der Waals surface area (Å²) in [4.78, 5) is 35.9. The lowest BCUT2D eigenvalue weighted by atomic mass is 10.2. The number of carbonyl (C=O) groups is 1. The predicted octanol–water partition coefficient (Wildman–Crippen LogP) is -1.26. The van der Waals surface area contributed by atoms with Gasteiger partial charge in [-0.05, 0) is 0 Å². The first-order valence-electron chi connectivity index (χ1n) is 7.08. The minimum Gasteiger partial charge on any atom is -0.394 e. The van der Waals surface area contributed by atoms with Gasteiger partial charge in [-0.1, -0.05) is 0 Å². The number of anilines is 1. The number of aromatic amines is 1. The first kappa shape index (κ1) is 15.6. The fourth-order valence-corrected chi connectivity index (χ4v) is 2.63. The van der Waals surface area contributed by atoms with Crippen molar-refractivity contribution < 1.29 is 19.7 Å². The maximum Gasteiger partial charge on any atom is 0.329 e. The van der Waals surface area contributed by atoms with Crippen molar-refractivity contribution in [2.75, 3.05) is 18.6 Å². The number of fused-ring (bicyclic) bond motifs is 1. The number of aromatic nitrogens is 4. The number of ether oxygens (including phenoxy) is 1. The SMILES string of the molecule is CC(=O)N(C)c1ncnc2c1[nH]c(=O)n2[C@H]1CC(O)[C@@H](CO)O1. The topological polar surface area (TPSA) is 134 Å². The Labute approximate surface area is 130 Å². The number of aliphatic hydroxyl groups is 2. The van der Waals surface area contributed by atoms with Crippen molar-refractivity contribution in [3.63, 3.8) is 0 Å². The van der Waals surface area contributed by atoms with Gasteiger partial charge < -0.3 is 19.9 Å². The van der Waals surface area contributed by atoms with Crippen LogP contribution in [0.4, 0.5) is 5.82 Å². The Hall–Kier alpha value is -2.30. The van der Waals surface area contributed by atoms with Gasteiger partial charge in [0, 0.05) is 20.4 Å². The summed E-state index contributed by atoms with van der Waals surface area (Å²) < 4.78 is 6.76. The smallest absolute Gasteiger partial charge is 0.329 e. The number of nitrogens with zero attached hydrogens (tertiary/aromatic N) is 4. The zero-order valence-corrected chi connectivity index (χ0v) is 12.6. The van der Waals surface area contributed by atoms with Crippen LogP contribution in [0.25, 0.3) is 11.2 Å². The molecule has 1 aliphatic rings. The molecular formula is C13H17N5O5. The Balaban J connectivity index is 2.10. The van der Waals surface area contributed by atoms with Gasteiger partial charge >= 0.3 is 5.69 Å². The molecule has 23 heavy (non-hydrogen) atoms. The van der Waals surface area contributed by atoms with E-state index in [0.717, 1.165) is 0 Å². The maximum atomic E-state index is 12.3. The molecular weight excluding hydrogens is 306 g/mol. The van der Waals surface area contributed by atoms with Gasteiger partial charge in [0.05, 0.1) is 12.7 Å². The molecule has 2 aromatic heterocycles. The molecule has 1 aliphatic heterocycles. The molecule has 1 saturated heterocycles. The van der Waals surface area contributed by atoms with Crippen LogP contribution < -0.4 is 10.6 Å². The molecule has 3 N–H and O–H groups in total. The Morgan fingerprint density at radius 2 is 2.30 bits per heavy atom. The second-order valence-electron chi connectivity index (χ2n) is 5.39. The Morgan fingerprint density at radius 1 is 1.57 bits per heavy atom. The number of aliphatic hydroxyl groups excluding tert-OH is 2. The summed E-state index contributed by atoms with van der Waals surface area (Å²) in [6, 6.07) is 0. The largest absolute Gasteiger partial charge is 0.394 e. The van der Waals surface area contributed by atoms with Crippen molar-refractivity contribution in [3.05, 3.63) is 16.8 Å². The molecule has 0 radical (unpaired) electrons. The summed E-state index contributed by atoms with van der Waals surface area (Å²) in [5, 5.41) is 19.0. The number of nitrogens with one attached hydrogen (secondary N) is 1. The molecule has 3 heterocycles. The van der Waals surface area contributed by atoms with Crippen molar-refractivity contribution in [1.29, 1.82) is 0 Å². The van der Waals surface area contributed by atoms with E-state index < -0.39 is 24.1 Å². The van der Waals surface area contributed by atoms with Crippen LogP contribution in [0.5, 0.6) is 0 Å². The van der Waals surface area contributed by atoms with Gasteiger partial charge in [-0.3, -0.25) is 9.69 Å². The molecule has 124 valence electrons. The highest BCUT2D eigenvalue weighted by atomic mass is 16.5. The summed E-state index contributed by atoms with van der Waals surface area (Å²) >= 11 is 0. The first-order valence-corrected chi connectivity index (χ1v) is 7.08. The van der Waals surface area contributed by atoms with Gasteiger partial charge in [-0.25, -0.2) is 19.3 Å². The summed E-state index contributed by atoms with van der Waals surface area (Å²) in [6.07, 6.45) is -0.981. The third kappa shape index (κ3) is 2.50. The lowest BCUT2D eigenvalue weighted by Gasteiger charge is -2.15. The molecule has 1 fully saturated rings. The number of hydrogen-bond acceptors (Lipinski definition) is 7. The molecule has 0 aliphatic carbocycles. The van der Waals surface area contributed by atoms with E-state index in [1.165, 1.54) is 29.8 Å². The number of carbonyl (C=O) groups excluding carboxylic acids is 1. The molecule has 3 atom stereocenters. The number of amides is 1. The molecule has 1 amide bonds. The van der Waals surface area contributed by atoms with Crippen molar-refractivity contribution >= 4 is 22.9 Å². The number of H-pyrrole nitrogens is 1. The Morgan fingerprint density at radius 3 is 2.91 bits per heavy atom. The molecule has 0 bridgehead atoms. The lowest BCUT2D eigenvalue weighted by Crippen LogP contribution is -2.25. The van der Waals surface area contributed by atoms with Crippen LogP contribution in [0.2, 0.25) is 0 Å². The van der Waals surface area contributed by atoms with Gasteiger partial charge in [0.15, 0.2) is 11.5 Å². The molecule has 10 nitrogen and oxygen atoms in total. The van der Waals surface area contributed by atoms with E-state index in [4.69, 9.17) is 9.84 Å². The Bertz CT molecular complexity index is 800. The van der Waals surface area contributed by atoms with Gasteiger partial charge in [-0.2, -0.15) is 0 Å². The van der Waals surface area contributed by atoms with Crippen LogP contribution in [0.1, 0.15) is 19.6 Å². The maximum absolute atomic E-state index is 12.3. The lowest BCUT2D eigenvalue weighted by molar-refractivity contribution is -0.116. The van der Waals surface area contributed by atoms with E-state index in [0.29, 0.717) is 5.52 Å². The third-order valence-corrected chi connectivity index (χ3v) is 3.95. The molecule has 3 rings (SSSR count). The highest BCUT2D eigenvalue weighted by molar-refractivity contribution is 5.97. The molecule has 1 unspecified atom stereocenters. The zero-order valence-electron chi connectivity index (χ0n) is 12.6. The summed E-state index contributed by atoms with van der Waals surface area (Å²) in [5.74, 6) is 0.0297. The molecule has 0 spiro atoms. The van der Waals surface area contributed by atoms with Gasteiger partial charge in [-0.15, -0.1) is 0 Å². The second-order valence-corrected chi connectivity index (χ2v) is 5.39. The van der Waals surface area contributed by atoms with Crippen LogP contribution in [0.15, 0.2) is 11.1 Å². The van der Waals surface area contributed by atoms with E-state index in [9.17, 15) is 14.7 Å². The summed E-state index contributed by atoms with van der Waals surface area (Å²) in [6.45, 7) is 1.04. The fraction of sp³-hybridized carbons (Fsp3) is 0.538. The van der Waals surface area contributed by atoms with Gasteiger partial charge in [0.2, 0.25) is 5.91 Å². The minimum atomic E-state index is -0.872. The van der Waals surface area contributed by atoms with Crippen molar-refractivity contribution in [1.82, 2.24) is 19.5 Å². The molecule has 0 aromatic carbocycles. The average molecular weight is 323 g/mol. The molecule has 10 heteroatoms. The summed E-state index contributed by atoms with van der Waals surface area (Å²) in [7, 11) is 1.54. The van der Waals surface area contributed by atoms with E-state index in [1.54, 1.807) is 0 Å². The number of rotatable bonds is 3. The van der Waals surface area contributed by atoms with Gasteiger partial charge in [0.25, 0.3) is 0 Å². The highest BCUT2D eigenvalue weighted by Gasteiger charge is 2.36. The quantitative estimate of drug-likeness (QED) is 0.642. The van der Waals surface area contributed by atoms with Crippen LogP contribution >= 0.6 is 0 Å². The van der Waals surface area contributed by atoms with Crippen molar-refractivity contribution in [2.24, 2.45) is 0 Å². The van der Waals surface area contributed by atoms with Crippen LogP contribution in [0.3, 0.4) is 0 Å². The minimum absolute atomic E-state index is 0.153. The normalized spacial score (nSPS) is 24.3. The highest BCUT2D eigenvalue weighted by Crippen LogP contribution is 2.30. The predicted molar refractivity (Wildman–Crippen MR) is 78.9 cm³/mol. The van der Waals surface area contributed by atoms with Crippen LogP contribution in [-0.2, 0) is 9.53 Å². The van der Waals surface area contributed by atoms with Crippen LogP contribution in [-0.4, -0.2) is 61.5 Å². The van der Waals surface area contributed by atoms with Crippen molar-refractivity contribution in [3.8, 4) is 0 Å². The van der Waals surface area contributed by atoms with Gasteiger partial charge in [0.1, 0.15) is 24.2 Å². The second kappa shape index (κ2) is 5.72. The fourth-order valence-electron chi connectivity index (χ4n) is 2.63. The number of imidazole rings is 1. The Kier molecular flexibility index (Phi) is 3.88. The van der Waals surface area contributed by atoms with E-state index in [-0.39, 0.29) is 30.4 Å². The molecule has 0 saturated carbocycles. The van der Waals surface area contributed by atoms with Crippen LogP contribution in [0, 0.1) is 0 Å². The van der Waals surface area contributed by atoms with E-state index in [2.05, 4.69) is 15.0 Å². The standard InChI is InChI=1S/C13H17N5O5/c1-6(20)17(2)11-10-12(15-5-14-11)18(13(22)16-10)9-3-7(21)8(4-19)23-9/h5,7-9,19,21H,3-4H2,1-2H3,(H,16,22)/t7?,8-,9-/m1/s1. The average Bonchev–Trinajstić information content (AvgIpc) is 3.04. The monoisotopic (exact) mass is 323 g/mol. The van der Waals surface area contributed by atoms with E-state index >= 15 is 0 Å². The zero-order chi connectivity index (χ0) is 16.7. The first-order chi connectivity index (χ1) is 10.9. The summed E-state index contributed by atoms with van der Waals surface area (Å²) in [5.41, 5.74) is 0.0825. The molecule has 2 aromatic rings. The van der Waals surface area contributed by atoms with Crippen molar-refractivity contribution in [2.45, 2.75) is 31.8 Å². The van der Waals surface area contributed by atoms with E-state index in [1.807, 2.05) is 0 Å².